The lowest BCUT2D eigenvalue weighted by atomic mass is 9.76. The number of carbonyl (C=O) groups excluding carboxylic acids is 2. The summed E-state index contributed by atoms with van der Waals surface area (Å²) >= 11 is 3.23. The second kappa shape index (κ2) is 11.2. The molecule has 2 saturated heterocycles. The fourth-order valence-corrected chi connectivity index (χ4v) is 6.09. The number of carbonyl (C=O) groups is 2. The lowest BCUT2D eigenvalue weighted by Crippen LogP contribution is -2.36. The molecular formula is C26H40N2O4S2. The third-order valence-corrected chi connectivity index (χ3v) is 9.41. The van der Waals surface area contributed by atoms with Gasteiger partial charge in [0.1, 0.15) is 16.2 Å². The van der Waals surface area contributed by atoms with E-state index in [2.05, 4.69) is 17.2 Å². The van der Waals surface area contributed by atoms with Crippen LogP contribution in [0.2, 0.25) is 0 Å². The van der Waals surface area contributed by atoms with Gasteiger partial charge >= 0.3 is 5.97 Å². The van der Waals surface area contributed by atoms with Crippen LogP contribution in [0.3, 0.4) is 0 Å². The summed E-state index contributed by atoms with van der Waals surface area (Å²) in [7, 11) is 0. The third-order valence-electron chi connectivity index (χ3n) is 7.53. The SMILES string of the molecule is CSc1nc(/C=C(\C)C2CC3N[C@]3(C)CCCCC(O)[C@@H](C)C(=O)C(C)(C)CCC(=O)O2)cs1. The van der Waals surface area contributed by atoms with Crippen molar-refractivity contribution in [1.82, 2.24) is 10.3 Å². The number of fused-ring (bicyclic) bond motifs is 1. The molecule has 3 rings (SSSR count). The first-order valence-corrected chi connectivity index (χ1v) is 14.4. The topological polar surface area (TPSA) is 98.4 Å². The molecule has 2 N–H and O–H groups in total. The zero-order valence-corrected chi connectivity index (χ0v) is 23.0. The Morgan fingerprint density at radius 3 is 2.71 bits per heavy atom. The molecule has 1 aromatic rings. The lowest BCUT2D eigenvalue weighted by molar-refractivity contribution is -0.148. The number of esters is 1. The van der Waals surface area contributed by atoms with E-state index in [1.165, 1.54) is 0 Å². The number of ether oxygens (including phenoxy) is 1. The minimum Gasteiger partial charge on any atom is -0.458 e. The number of aromatic nitrogens is 1. The molecule has 2 fully saturated rings. The van der Waals surface area contributed by atoms with Crippen molar-refractivity contribution in [2.75, 3.05) is 6.26 Å². The van der Waals surface area contributed by atoms with Crippen LogP contribution in [-0.4, -0.2) is 51.9 Å². The molecule has 190 valence electrons. The molecule has 0 aliphatic carbocycles. The van der Waals surface area contributed by atoms with Crippen molar-refractivity contribution >= 4 is 40.9 Å². The molecular weight excluding hydrogens is 468 g/mol. The molecule has 0 bridgehead atoms. The summed E-state index contributed by atoms with van der Waals surface area (Å²) in [6.07, 6.45) is 7.83. The number of rotatable bonds is 3. The minimum absolute atomic E-state index is 0.0107. The largest absolute Gasteiger partial charge is 0.458 e. The van der Waals surface area contributed by atoms with Gasteiger partial charge in [0.05, 0.1) is 11.8 Å². The highest BCUT2D eigenvalue weighted by Crippen LogP contribution is 2.38. The van der Waals surface area contributed by atoms with E-state index in [-0.39, 0.29) is 35.9 Å². The Labute approximate surface area is 212 Å². The Kier molecular flexibility index (Phi) is 9.04. The fraction of sp³-hybridized carbons (Fsp3) is 0.731. The van der Waals surface area contributed by atoms with Gasteiger partial charge in [-0.15, -0.1) is 11.3 Å². The maximum Gasteiger partial charge on any atom is 0.306 e. The number of nitrogens with zero attached hydrogens (tertiary/aromatic N) is 1. The van der Waals surface area contributed by atoms with Crippen molar-refractivity contribution in [3.8, 4) is 0 Å². The Morgan fingerprint density at radius 2 is 2.03 bits per heavy atom. The second-order valence-corrected chi connectivity index (χ2v) is 12.7. The minimum atomic E-state index is -0.692. The number of thiazole rings is 1. The van der Waals surface area contributed by atoms with Crippen molar-refractivity contribution in [3.05, 3.63) is 16.6 Å². The Morgan fingerprint density at radius 1 is 1.29 bits per heavy atom. The quantitative estimate of drug-likeness (QED) is 0.327. The second-order valence-electron chi connectivity index (χ2n) is 10.8. The molecule has 5 atom stereocenters. The zero-order chi connectivity index (χ0) is 25.1. The van der Waals surface area contributed by atoms with Crippen LogP contribution in [0.5, 0.6) is 0 Å². The van der Waals surface area contributed by atoms with E-state index in [1.807, 2.05) is 38.5 Å². The number of aliphatic hydroxyl groups is 1. The number of nitrogens with one attached hydrogen (secondary N) is 1. The molecule has 0 radical (unpaired) electrons. The number of Topliss-reactive ketones (excluding diaryl/α,β-unsaturated/α-hetero) is 1. The van der Waals surface area contributed by atoms with Crippen molar-refractivity contribution in [2.24, 2.45) is 11.3 Å². The summed E-state index contributed by atoms with van der Waals surface area (Å²) < 4.78 is 7.01. The van der Waals surface area contributed by atoms with Gasteiger partial charge in [0.15, 0.2) is 0 Å². The summed E-state index contributed by atoms with van der Waals surface area (Å²) in [5.74, 6) is -0.718. The van der Waals surface area contributed by atoms with Crippen LogP contribution in [0.15, 0.2) is 15.3 Å². The lowest BCUT2D eigenvalue weighted by Gasteiger charge is -2.29. The van der Waals surface area contributed by atoms with Crippen molar-refractivity contribution < 1.29 is 19.4 Å². The van der Waals surface area contributed by atoms with Gasteiger partial charge in [-0.2, -0.15) is 0 Å². The van der Waals surface area contributed by atoms with Crippen LogP contribution in [0.4, 0.5) is 0 Å². The van der Waals surface area contributed by atoms with Gasteiger partial charge in [0.25, 0.3) is 0 Å². The monoisotopic (exact) mass is 508 g/mol. The predicted octanol–water partition coefficient (Wildman–Crippen LogP) is 5.25. The molecule has 0 spiro atoms. The van der Waals surface area contributed by atoms with Gasteiger partial charge in [-0.05, 0) is 51.0 Å². The van der Waals surface area contributed by atoms with Gasteiger partial charge in [-0.25, -0.2) is 4.98 Å². The summed E-state index contributed by atoms with van der Waals surface area (Å²) in [5, 5.41) is 16.2. The van der Waals surface area contributed by atoms with E-state index in [0.29, 0.717) is 19.3 Å². The molecule has 2 aliphatic heterocycles. The number of cyclic esters (lactones) is 1. The Balaban J connectivity index is 1.78. The maximum absolute atomic E-state index is 13.1. The van der Waals surface area contributed by atoms with Crippen LogP contribution in [0.25, 0.3) is 6.08 Å². The first-order chi connectivity index (χ1) is 15.9. The smallest absolute Gasteiger partial charge is 0.306 e. The van der Waals surface area contributed by atoms with Gasteiger partial charge < -0.3 is 15.2 Å². The number of hydrogen-bond acceptors (Lipinski definition) is 8. The van der Waals surface area contributed by atoms with E-state index in [4.69, 9.17) is 4.74 Å². The average Bonchev–Trinajstić information content (AvgIpc) is 3.20. The molecule has 1 aromatic heterocycles. The molecule has 3 heterocycles. The third kappa shape index (κ3) is 6.93. The van der Waals surface area contributed by atoms with Crippen molar-refractivity contribution in [2.45, 2.75) is 108 Å². The predicted molar refractivity (Wildman–Crippen MR) is 139 cm³/mol. The van der Waals surface area contributed by atoms with Gasteiger partial charge in [-0.3, -0.25) is 9.59 Å². The summed E-state index contributed by atoms with van der Waals surface area (Å²) in [5.41, 5.74) is 1.20. The summed E-state index contributed by atoms with van der Waals surface area (Å²) in [6.45, 7) is 9.76. The van der Waals surface area contributed by atoms with Crippen molar-refractivity contribution in [1.29, 1.82) is 0 Å². The van der Waals surface area contributed by atoms with Gasteiger partial charge in [-0.1, -0.05) is 45.4 Å². The van der Waals surface area contributed by atoms with E-state index in [9.17, 15) is 14.7 Å². The Hall–Kier alpha value is -1.22. The number of ketones is 1. The van der Waals surface area contributed by atoms with Crippen LogP contribution >= 0.6 is 23.1 Å². The van der Waals surface area contributed by atoms with Crippen molar-refractivity contribution in [3.63, 3.8) is 0 Å². The van der Waals surface area contributed by atoms with Crippen LogP contribution in [-0.2, 0) is 14.3 Å². The molecule has 0 aromatic carbocycles. The first kappa shape index (κ1) is 27.4. The molecule has 8 heteroatoms. The number of hydrogen-bond donors (Lipinski definition) is 2. The average molecular weight is 509 g/mol. The standard InChI is InChI=1S/C26H40N2O4S2/c1-16(13-18-15-34-24(27-18)33-6)20-14-21-26(5,28-21)11-8-7-9-19(29)17(2)23(31)25(3,4)12-10-22(30)32-20/h13,15,17,19-21,28-29H,7-12,14H2,1-6H3/b16-13+/t17-,19?,20?,21?,26-/m1/s1. The van der Waals surface area contributed by atoms with Gasteiger partial charge in [0, 0.05) is 41.1 Å². The maximum atomic E-state index is 13.1. The number of aliphatic hydroxyl groups excluding tert-OH is 1. The molecule has 2 aliphatic rings. The summed E-state index contributed by atoms with van der Waals surface area (Å²) in [6, 6.07) is 0.278. The molecule has 34 heavy (non-hydrogen) atoms. The molecule has 6 nitrogen and oxygen atoms in total. The van der Waals surface area contributed by atoms with Crippen LogP contribution in [0, 0.1) is 11.3 Å². The summed E-state index contributed by atoms with van der Waals surface area (Å²) in [4.78, 5) is 30.5. The van der Waals surface area contributed by atoms with E-state index >= 15 is 0 Å². The first-order valence-electron chi connectivity index (χ1n) is 12.3. The van der Waals surface area contributed by atoms with E-state index < -0.39 is 17.4 Å². The molecule has 3 unspecified atom stereocenters. The van der Waals surface area contributed by atoms with Crippen LogP contribution in [0.1, 0.15) is 85.3 Å². The zero-order valence-electron chi connectivity index (χ0n) is 21.3. The van der Waals surface area contributed by atoms with Crippen LogP contribution < -0.4 is 5.32 Å². The highest BCUT2D eigenvalue weighted by molar-refractivity contribution is 8.00. The van der Waals surface area contributed by atoms with Gasteiger partial charge in [0.2, 0.25) is 0 Å². The Bertz CT molecular complexity index is 912. The molecule has 0 saturated carbocycles. The van der Waals surface area contributed by atoms with E-state index in [1.54, 1.807) is 30.0 Å². The molecule has 0 amide bonds. The highest BCUT2D eigenvalue weighted by atomic mass is 32.2. The van der Waals surface area contributed by atoms with E-state index in [0.717, 1.165) is 34.9 Å². The number of thioether (sulfide) groups is 1. The normalized spacial score (nSPS) is 33.8. The highest BCUT2D eigenvalue weighted by Gasteiger charge is 2.49. The fourth-order valence-electron chi connectivity index (χ4n) is 4.86.